The Balaban J connectivity index is 1.85. The van der Waals surface area contributed by atoms with Crippen molar-refractivity contribution in [2.24, 2.45) is 4.99 Å². The molecule has 2 N–H and O–H groups in total. The average Bonchev–Trinajstić information content (AvgIpc) is 3.04. The van der Waals surface area contributed by atoms with Gasteiger partial charge in [-0.1, -0.05) is 30.0 Å². The number of hydrogen-bond donors (Lipinski definition) is 2. The van der Waals surface area contributed by atoms with Gasteiger partial charge < -0.3 is 24.8 Å². The summed E-state index contributed by atoms with van der Waals surface area (Å²) in [5.41, 5.74) is 2.86. The lowest BCUT2D eigenvalue weighted by atomic mass is 10.1. The van der Waals surface area contributed by atoms with E-state index >= 15 is 0 Å². The maximum atomic E-state index is 12.9. The van der Waals surface area contributed by atoms with E-state index in [-0.39, 0.29) is 5.91 Å². The normalized spacial score (nSPS) is 14.4. The topological polar surface area (TPSA) is 81.2 Å². The van der Waals surface area contributed by atoms with Crippen molar-refractivity contribution < 1.29 is 19.0 Å². The van der Waals surface area contributed by atoms with Gasteiger partial charge in [0.1, 0.15) is 0 Å². The largest absolute Gasteiger partial charge is 0.493 e. The molecule has 1 aliphatic heterocycles. The zero-order chi connectivity index (χ0) is 21.5. The first-order valence-electron chi connectivity index (χ1n) is 9.08. The minimum absolute atomic E-state index is 0.291. The molecule has 0 bridgehead atoms. The minimum Gasteiger partial charge on any atom is -0.493 e. The van der Waals surface area contributed by atoms with Crippen LogP contribution in [0.5, 0.6) is 17.2 Å². The van der Waals surface area contributed by atoms with Crippen LogP contribution in [0.2, 0.25) is 0 Å². The Bertz CT molecular complexity index is 1010. The highest BCUT2D eigenvalue weighted by molar-refractivity contribution is 8.16. The monoisotopic (exact) mass is 425 g/mol. The molecule has 0 radical (unpaired) electrons. The molecule has 7 nitrogen and oxygen atoms in total. The van der Waals surface area contributed by atoms with E-state index in [1.165, 1.54) is 33.1 Å². The highest BCUT2D eigenvalue weighted by Gasteiger charge is 2.17. The Morgan fingerprint density at radius 2 is 1.80 bits per heavy atom. The Labute approximate surface area is 179 Å². The summed E-state index contributed by atoms with van der Waals surface area (Å²) in [6.07, 6.45) is 3.91. The molecule has 0 aliphatic carbocycles. The second-order valence-corrected chi connectivity index (χ2v) is 7.02. The van der Waals surface area contributed by atoms with Crippen molar-refractivity contribution in [2.75, 3.05) is 33.7 Å². The molecule has 8 heteroatoms. The zero-order valence-corrected chi connectivity index (χ0v) is 18.0. The van der Waals surface area contributed by atoms with Crippen molar-refractivity contribution in [3.63, 3.8) is 0 Å². The lowest BCUT2D eigenvalue weighted by Gasteiger charge is -2.15. The number of anilines is 1. The van der Waals surface area contributed by atoms with Crippen LogP contribution in [0.15, 0.2) is 59.0 Å². The highest BCUT2D eigenvalue weighted by atomic mass is 32.2. The third-order valence-corrected chi connectivity index (χ3v) is 5.13. The number of ether oxygens (including phenoxy) is 3. The zero-order valence-electron chi connectivity index (χ0n) is 17.2. The van der Waals surface area contributed by atoms with Crippen molar-refractivity contribution in [3.8, 4) is 17.2 Å². The molecule has 1 heterocycles. The molecule has 0 atom stereocenters. The molecule has 1 amide bonds. The van der Waals surface area contributed by atoms with Crippen LogP contribution < -0.4 is 24.8 Å². The number of amidine groups is 1. The first kappa shape index (κ1) is 21.3. The molecule has 0 fully saturated rings. The van der Waals surface area contributed by atoms with Gasteiger partial charge in [0, 0.05) is 29.6 Å². The molecule has 2 aromatic rings. The Morgan fingerprint density at radius 1 is 1.07 bits per heavy atom. The van der Waals surface area contributed by atoms with Crippen molar-refractivity contribution in [2.45, 2.75) is 0 Å². The van der Waals surface area contributed by atoms with E-state index < -0.39 is 0 Å². The number of allylic oxidation sites excluding steroid dienone is 2. The van der Waals surface area contributed by atoms with Gasteiger partial charge >= 0.3 is 0 Å². The molecule has 2 aromatic carbocycles. The maximum absolute atomic E-state index is 12.9. The smallest absolute Gasteiger partial charge is 0.255 e. The van der Waals surface area contributed by atoms with Gasteiger partial charge in [0.15, 0.2) is 16.7 Å². The SMILES string of the molecule is CN=C1NC(c2cccc(NC(=O)c3cc(OC)c(OC)c(OC)c3)c2)=CC=CS1. The number of thioether (sulfide) groups is 1. The molecule has 1 aliphatic rings. The standard InChI is InChI=1S/C22H23N3O4S/c1-23-22-25-17(9-6-10-30-22)14-7-5-8-16(11-14)24-21(26)15-12-18(27-2)20(29-4)19(13-15)28-3/h5-13H,1-4H3,(H,23,25)(H,24,26). The number of benzene rings is 2. The van der Waals surface area contributed by atoms with Gasteiger partial charge in [0.25, 0.3) is 5.91 Å². The summed E-state index contributed by atoms with van der Waals surface area (Å²) in [5, 5.41) is 8.96. The number of amides is 1. The summed E-state index contributed by atoms with van der Waals surface area (Å²) < 4.78 is 16.0. The average molecular weight is 426 g/mol. The van der Waals surface area contributed by atoms with Crippen LogP contribution in [0.25, 0.3) is 5.70 Å². The van der Waals surface area contributed by atoms with E-state index in [1.54, 1.807) is 19.2 Å². The first-order chi connectivity index (χ1) is 14.6. The van der Waals surface area contributed by atoms with Gasteiger partial charge in [-0.25, -0.2) is 0 Å². The lowest BCUT2D eigenvalue weighted by Crippen LogP contribution is -2.18. The number of rotatable bonds is 6. The fourth-order valence-electron chi connectivity index (χ4n) is 2.88. The van der Waals surface area contributed by atoms with Gasteiger partial charge in [-0.2, -0.15) is 0 Å². The Kier molecular flexibility index (Phi) is 7.03. The van der Waals surface area contributed by atoms with Crippen LogP contribution in [0.1, 0.15) is 15.9 Å². The minimum atomic E-state index is -0.291. The molecule has 0 aromatic heterocycles. The quantitative estimate of drug-likeness (QED) is 0.724. The van der Waals surface area contributed by atoms with Gasteiger partial charge in [0.05, 0.1) is 21.3 Å². The molecule has 156 valence electrons. The number of carbonyl (C=O) groups is 1. The second kappa shape index (κ2) is 9.89. The van der Waals surface area contributed by atoms with Crippen LogP contribution in [-0.2, 0) is 0 Å². The van der Waals surface area contributed by atoms with Crippen LogP contribution >= 0.6 is 11.8 Å². The van der Waals surface area contributed by atoms with Gasteiger partial charge in [-0.05, 0) is 35.7 Å². The van der Waals surface area contributed by atoms with Crippen molar-refractivity contribution in [1.29, 1.82) is 0 Å². The fourth-order valence-corrected chi connectivity index (χ4v) is 3.44. The summed E-state index contributed by atoms with van der Waals surface area (Å²) in [6, 6.07) is 10.8. The number of nitrogens with zero attached hydrogens (tertiary/aromatic N) is 1. The highest BCUT2D eigenvalue weighted by Crippen LogP contribution is 2.38. The van der Waals surface area contributed by atoms with E-state index in [4.69, 9.17) is 14.2 Å². The summed E-state index contributed by atoms with van der Waals surface area (Å²) in [7, 11) is 6.28. The van der Waals surface area contributed by atoms with Crippen molar-refractivity contribution in [3.05, 3.63) is 65.1 Å². The van der Waals surface area contributed by atoms with Crippen LogP contribution in [0.4, 0.5) is 5.69 Å². The van der Waals surface area contributed by atoms with Gasteiger partial charge in [0.2, 0.25) is 5.75 Å². The van der Waals surface area contributed by atoms with E-state index in [1.807, 2.05) is 41.8 Å². The van der Waals surface area contributed by atoms with E-state index in [2.05, 4.69) is 15.6 Å². The number of methoxy groups -OCH3 is 3. The predicted molar refractivity (Wildman–Crippen MR) is 122 cm³/mol. The molecule has 0 unspecified atom stereocenters. The van der Waals surface area contributed by atoms with E-state index in [0.29, 0.717) is 28.5 Å². The molecular formula is C22H23N3O4S. The van der Waals surface area contributed by atoms with Gasteiger partial charge in [-0.3, -0.25) is 9.79 Å². The fraction of sp³-hybridized carbons (Fsp3) is 0.182. The molecule has 3 rings (SSSR count). The first-order valence-corrected chi connectivity index (χ1v) is 9.96. The van der Waals surface area contributed by atoms with Crippen molar-refractivity contribution in [1.82, 2.24) is 5.32 Å². The second-order valence-electron chi connectivity index (χ2n) is 6.13. The Morgan fingerprint density at radius 3 is 2.43 bits per heavy atom. The molecule has 0 saturated carbocycles. The predicted octanol–water partition coefficient (Wildman–Crippen LogP) is 4.14. The number of carbonyl (C=O) groups excluding carboxylic acids is 1. The maximum Gasteiger partial charge on any atom is 0.255 e. The van der Waals surface area contributed by atoms with Crippen LogP contribution in [0, 0.1) is 0 Å². The number of aliphatic imine (C=N–C) groups is 1. The van der Waals surface area contributed by atoms with Crippen LogP contribution in [0.3, 0.4) is 0 Å². The summed E-state index contributed by atoms with van der Waals surface area (Å²) in [5.74, 6) is 0.975. The molecular weight excluding hydrogens is 402 g/mol. The molecule has 0 saturated heterocycles. The third-order valence-electron chi connectivity index (χ3n) is 4.32. The van der Waals surface area contributed by atoms with Crippen LogP contribution in [-0.4, -0.2) is 39.5 Å². The number of hydrogen-bond acceptors (Lipinski definition) is 6. The third kappa shape index (κ3) is 4.77. The summed E-state index contributed by atoms with van der Waals surface area (Å²) >= 11 is 1.51. The summed E-state index contributed by atoms with van der Waals surface area (Å²) in [4.78, 5) is 17.1. The summed E-state index contributed by atoms with van der Waals surface area (Å²) in [6.45, 7) is 0. The van der Waals surface area contributed by atoms with E-state index in [9.17, 15) is 4.79 Å². The molecule has 30 heavy (non-hydrogen) atoms. The lowest BCUT2D eigenvalue weighted by molar-refractivity contribution is 0.102. The van der Waals surface area contributed by atoms with Gasteiger partial charge in [-0.15, -0.1) is 0 Å². The van der Waals surface area contributed by atoms with Crippen molar-refractivity contribution >= 4 is 34.2 Å². The Hall–Kier alpha value is -3.39. The van der Waals surface area contributed by atoms with E-state index in [0.717, 1.165) is 16.4 Å². The number of nitrogens with one attached hydrogen (secondary N) is 2. The molecule has 0 spiro atoms.